The molecule has 0 aromatic carbocycles. The highest BCUT2D eigenvalue weighted by Crippen LogP contribution is 2.38. The third kappa shape index (κ3) is 3.33. The summed E-state index contributed by atoms with van der Waals surface area (Å²) in [5.74, 6) is -0.114. The average Bonchev–Trinajstić information content (AvgIpc) is 3.01. The number of amides is 1. The predicted octanol–water partition coefficient (Wildman–Crippen LogP) is 2.43. The number of nitrogens with two attached hydrogens (primary N) is 1. The molecule has 1 saturated heterocycles. The molecule has 1 aliphatic heterocycles. The topological polar surface area (TPSA) is 81.3 Å². The Bertz CT molecular complexity index is 754. The molecule has 1 atom stereocenters. The molecule has 3 heterocycles. The molecule has 6 nitrogen and oxygen atoms in total. The summed E-state index contributed by atoms with van der Waals surface area (Å²) in [4.78, 5) is 22.5. The number of fused-ring (bicyclic) bond motifs is 1. The molecule has 0 spiro atoms. The highest BCUT2D eigenvalue weighted by atomic mass is 16.5. The molecule has 24 heavy (non-hydrogen) atoms. The van der Waals surface area contributed by atoms with Crippen molar-refractivity contribution in [3.63, 3.8) is 0 Å². The van der Waals surface area contributed by atoms with Gasteiger partial charge in [0.15, 0.2) is 6.61 Å². The van der Waals surface area contributed by atoms with Gasteiger partial charge in [-0.15, -0.1) is 0 Å². The van der Waals surface area contributed by atoms with E-state index in [1.807, 2.05) is 12.1 Å². The largest absolute Gasteiger partial charge is 0.468 e. The molecule has 2 aromatic heterocycles. The van der Waals surface area contributed by atoms with Gasteiger partial charge in [-0.3, -0.25) is 14.7 Å². The Hall–Kier alpha value is -2.21. The van der Waals surface area contributed by atoms with Gasteiger partial charge in [-0.2, -0.15) is 0 Å². The van der Waals surface area contributed by atoms with Crippen LogP contribution in [0.5, 0.6) is 5.88 Å². The molecular formula is C18H24N4O2. The van der Waals surface area contributed by atoms with E-state index in [2.05, 4.69) is 35.6 Å². The number of primary amides is 1. The number of rotatable bonds is 4. The van der Waals surface area contributed by atoms with Crippen molar-refractivity contribution >= 4 is 16.8 Å². The second-order valence-corrected chi connectivity index (χ2v) is 7.19. The van der Waals surface area contributed by atoms with E-state index in [0.717, 1.165) is 29.6 Å². The number of nitrogens with zero attached hydrogens (tertiary/aromatic N) is 3. The van der Waals surface area contributed by atoms with E-state index in [1.54, 1.807) is 12.3 Å². The van der Waals surface area contributed by atoms with Crippen LogP contribution in [0.3, 0.4) is 0 Å². The SMILES string of the molecule is CC(C)(C)N1CCCC1c1nccc2nc(OCC(N)=O)ccc12. The molecular weight excluding hydrogens is 304 g/mol. The summed E-state index contributed by atoms with van der Waals surface area (Å²) in [5.41, 5.74) is 7.09. The van der Waals surface area contributed by atoms with Crippen molar-refractivity contribution in [2.45, 2.75) is 45.2 Å². The van der Waals surface area contributed by atoms with Gasteiger partial charge < -0.3 is 10.5 Å². The van der Waals surface area contributed by atoms with Gasteiger partial charge in [-0.05, 0) is 52.3 Å². The first kappa shape index (κ1) is 16.6. The molecule has 2 N–H and O–H groups in total. The maximum absolute atomic E-state index is 10.8. The Labute approximate surface area is 142 Å². The van der Waals surface area contributed by atoms with Crippen molar-refractivity contribution < 1.29 is 9.53 Å². The van der Waals surface area contributed by atoms with Gasteiger partial charge in [-0.25, -0.2) is 4.98 Å². The maximum Gasteiger partial charge on any atom is 0.255 e. The molecule has 0 saturated carbocycles. The number of likely N-dealkylation sites (tertiary alicyclic amines) is 1. The van der Waals surface area contributed by atoms with Crippen LogP contribution in [0.2, 0.25) is 0 Å². The van der Waals surface area contributed by atoms with Crippen molar-refractivity contribution in [1.29, 1.82) is 0 Å². The van der Waals surface area contributed by atoms with E-state index in [-0.39, 0.29) is 12.1 Å². The zero-order chi connectivity index (χ0) is 17.3. The number of hydrogen-bond acceptors (Lipinski definition) is 5. The monoisotopic (exact) mass is 328 g/mol. The number of aromatic nitrogens is 2. The molecule has 2 aromatic rings. The molecule has 1 fully saturated rings. The van der Waals surface area contributed by atoms with E-state index >= 15 is 0 Å². The number of pyridine rings is 2. The van der Waals surface area contributed by atoms with Crippen LogP contribution in [-0.4, -0.2) is 39.5 Å². The van der Waals surface area contributed by atoms with E-state index in [9.17, 15) is 4.79 Å². The second-order valence-electron chi connectivity index (χ2n) is 7.19. The summed E-state index contributed by atoms with van der Waals surface area (Å²) >= 11 is 0. The van der Waals surface area contributed by atoms with E-state index < -0.39 is 5.91 Å². The zero-order valence-electron chi connectivity index (χ0n) is 14.5. The summed E-state index contributed by atoms with van der Waals surface area (Å²) in [6.45, 7) is 7.63. The first-order valence-electron chi connectivity index (χ1n) is 8.30. The summed E-state index contributed by atoms with van der Waals surface area (Å²) in [5, 5.41) is 1.03. The van der Waals surface area contributed by atoms with Crippen LogP contribution in [0.15, 0.2) is 24.4 Å². The molecule has 3 rings (SSSR count). The van der Waals surface area contributed by atoms with Crippen molar-refractivity contribution in [1.82, 2.24) is 14.9 Å². The number of ether oxygens (including phenoxy) is 1. The fraction of sp³-hybridized carbons (Fsp3) is 0.500. The van der Waals surface area contributed by atoms with Crippen LogP contribution in [-0.2, 0) is 4.79 Å². The fourth-order valence-electron chi connectivity index (χ4n) is 3.40. The molecule has 1 unspecified atom stereocenters. The van der Waals surface area contributed by atoms with Gasteiger partial charge in [0.25, 0.3) is 5.91 Å². The minimum atomic E-state index is -0.515. The van der Waals surface area contributed by atoms with E-state index in [4.69, 9.17) is 10.5 Å². The Balaban J connectivity index is 1.96. The standard InChI is InChI=1S/C18H24N4O2/c1-18(2,3)22-10-4-5-14(22)17-12-6-7-16(24-11-15(19)23)21-13(12)8-9-20-17/h6-9,14H,4-5,10-11H2,1-3H3,(H2,19,23). The Kier molecular flexibility index (Phi) is 4.41. The molecule has 6 heteroatoms. The predicted molar refractivity (Wildman–Crippen MR) is 92.7 cm³/mol. The van der Waals surface area contributed by atoms with Crippen LogP contribution in [0, 0.1) is 0 Å². The molecule has 1 aliphatic rings. The minimum absolute atomic E-state index is 0.100. The third-order valence-electron chi connectivity index (χ3n) is 4.41. The Morgan fingerprint density at radius 1 is 1.38 bits per heavy atom. The van der Waals surface area contributed by atoms with Crippen molar-refractivity contribution in [3.8, 4) is 5.88 Å². The van der Waals surface area contributed by atoms with Crippen LogP contribution in [0.4, 0.5) is 0 Å². The fourth-order valence-corrected chi connectivity index (χ4v) is 3.40. The van der Waals surface area contributed by atoms with E-state index in [1.165, 1.54) is 6.42 Å². The zero-order valence-corrected chi connectivity index (χ0v) is 14.5. The van der Waals surface area contributed by atoms with E-state index in [0.29, 0.717) is 11.9 Å². The lowest BCUT2D eigenvalue weighted by atomic mass is 10.0. The van der Waals surface area contributed by atoms with Gasteiger partial charge in [0, 0.05) is 23.2 Å². The average molecular weight is 328 g/mol. The summed E-state index contributed by atoms with van der Waals surface area (Å²) in [6, 6.07) is 5.91. The lowest BCUT2D eigenvalue weighted by Gasteiger charge is -2.37. The molecule has 128 valence electrons. The summed E-state index contributed by atoms with van der Waals surface area (Å²) < 4.78 is 5.30. The van der Waals surface area contributed by atoms with Crippen LogP contribution < -0.4 is 10.5 Å². The highest BCUT2D eigenvalue weighted by molar-refractivity contribution is 5.82. The highest BCUT2D eigenvalue weighted by Gasteiger charge is 2.35. The number of hydrogen-bond donors (Lipinski definition) is 1. The summed E-state index contributed by atoms with van der Waals surface area (Å²) in [7, 11) is 0. The lowest BCUT2D eigenvalue weighted by molar-refractivity contribution is -0.120. The van der Waals surface area contributed by atoms with Gasteiger partial charge in [0.1, 0.15) is 0 Å². The van der Waals surface area contributed by atoms with Gasteiger partial charge in [0.2, 0.25) is 5.88 Å². The van der Waals surface area contributed by atoms with Crippen LogP contribution in [0.25, 0.3) is 10.9 Å². The lowest BCUT2D eigenvalue weighted by Crippen LogP contribution is -2.40. The Morgan fingerprint density at radius 3 is 2.88 bits per heavy atom. The van der Waals surface area contributed by atoms with Crippen molar-refractivity contribution in [2.24, 2.45) is 5.73 Å². The summed E-state index contributed by atoms with van der Waals surface area (Å²) in [6.07, 6.45) is 4.07. The molecule has 0 bridgehead atoms. The van der Waals surface area contributed by atoms with Crippen molar-refractivity contribution in [3.05, 3.63) is 30.1 Å². The second kappa shape index (κ2) is 6.36. The normalized spacial score (nSPS) is 18.9. The quantitative estimate of drug-likeness (QED) is 0.932. The number of carbonyl (C=O) groups excluding carboxylic acids is 1. The van der Waals surface area contributed by atoms with Gasteiger partial charge >= 0.3 is 0 Å². The first-order valence-corrected chi connectivity index (χ1v) is 8.30. The van der Waals surface area contributed by atoms with Crippen molar-refractivity contribution in [2.75, 3.05) is 13.2 Å². The maximum atomic E-state index is 10.8. The smallest absolute Gasteiger partial charge is 0.255 e. The first-order chi connectivity index (χ1) is 11.4. The number of carbonyl (C=O) groups is 1. The van der Waals surface area contributed by atoms with Gasteiger partial charge in [0.05, 0.1) is 17.3 Å². The minimum Gasteiger partial charge on any atom is -0.468 e. The molecule has 0 aliphatic carbocycles. The van der Waals surface area contributed by atoms with Crippen LogP contribution in [0.1, 0.15) is 45.3 Å². The third-order valence-corrected chi connectivity index (χ3v) is 4.41. The van der Waals surface area contributed by atoms with Crippen LogP contribution >= 0.6 is 0 Å². The molecule has 0 radical (unpaired) electrons. The van der Waals surface area contributed by atoms with Gasteiger partial charge in [-0.1, -0.05) is 0 Å². The molecule has 1 amide bonds. The Morgan fingerprint density at radius 2 is 2.17 bits per heavy atom.